The zero-order valence-corrected chi connectivity index (χ0v) is 19.0. The number of rotatable bonds is 6. The molecular weight excluding hydrogens is 395 g/mol. The van der Waals surface area contributed by atoms with Gasteiger partial charge in [0.15, 0.2) is 0 Å². The van der Waals surface area contributed by atoms with Gasteiger partial charge < -0.3 is 4.57 Å². The van der Waals surface area contributed by atoms with Crippen molar-refractivity contribution in [1.82, 2.24) is 4.57 Å². The highest BCUT2D eigenvalue weighted by atomic mass is 19.1. The van der Waals surface area contributed by atoms with Crippen LogP contribution in [-0.4, -0.2) is 10.3 Å². The quantitative estimate of drug-likeness (QED) is 0.372. The predicted molar refractivity (Wildman–Crippen MR) is 132 cm³/mol. The highest BCUT2D eigenvalue weighted by Crippen LogP contribution is 2.31. The summed E-state index contributed by atoms with van der Waals surface area (Å²) in [6.07, 6.45) is 11.1. The van der Waals surface area contributed by atoms with Gasteiger partial charge in [-0.2, -0.15) is 0 Å². The van der Waals surface area contributed by atoms with Crippen LogP contribution in [0.25, 0.3) is 5.57 Å². The molecule has 1 aliphatic rings. The number of nitrogens with zero attached hydrogens (tertiary/aromatic N) is 2. The summed E-state index contributed by atoms with van der Waals surface area (Å²) in [6, 6.07) is 19.4. The molecule has 0 bridgehead atoms. The molecule has 1 aromatic heterocycles. The van der Waals surface area contributed by atoms with Crippen molar-refractivity contribution in [2.75, 3.05) is 0 Å². The lowest BCUT2D eigenvalue weighted by atomic mass is 9.97. The van der Waals surface area contributed by atoms with Crippen molar-refractivity contribution < 1.29 is 4.39 Å². The molecule has 2 aromatic carbocycles. The third kappa shape index (κ3) is 4.88. The van der Waals surface area contributed by atoms with Crippen molar-refractivity contribution in [3.8, 4) is 0 Å². The average Bonchev–Trinajstić information content (AvgIpc) is 3.15. The van der Waals surface area contributed by atoms with Gasteiger partial charge in [0.05, 0.1) is 11.4 Å². The Balaban J connectivity index is 1.79. The fourth-order valence-corrected chi connectivity index (χ4v) is 4.17. The Kier molecular flexibility index (Phi) is 6.65. The molecule has 1 aliphatic carbocycles. The fourth-order valence-electron chi connectivity index (χ4n) is 4.17. The Morgan fingerprint density at radius 1 is 1.09 bits per heavy atom. The fraction of sp³-hybridized carbons (Fsp3) is 0.207. The molecule has 0 aliphatic heterocycles. The third-order valence-electron chi connectivity index (χ3n) is 5.84. The molecule has 162 valence electrons. The number of hydrogen-bond acceptors (Lipinski definition) is 1. The van der Waals surface area contributed by atoms with Crippen molar-refractivity contribution >= 4 is 11.3 Å². The number of aromatic nitrogens is 1. The van der Waals surface area contributed by atoms with Crippen LogP contribution in [-0.2, 0) is 13.5 Å². The normalized spacial score (nSPS) is 14.9. The van der Waals surface area contributed by atoms with E-state index in [0.717, 1.165) is 35.4 Å². The number of hydrogen-bond donors (Lipinski definition) is 0. The zero-order valence-electron chi connectivity index (χ0n) is 19.0. The summed E-state index contributed by atoms with van der Waals surface area (Å²) < 4.78 is 16.3. The Bertz CT molecular complexity index is 1220. The first-order chi connectivity index (χ1) is 15.5. The van der Waals surface area contributed by atoms with Gasteiger partial charge in [0.2, 0.25) is 0 Å². The smallest absolute Gasteiger partial charge is 0.126 e. The molecule has 0 spiro atoms. The van der Waals surface area contributed by atoms with Crippen LogP contribution in [0.2, 0.25) is 0 Å². The highest BCUT2D eigenvalue weighted by molar-refractivity contribution is 6.13. The average molecular weight is 425 g/mol. The molecule has 2 nitrogen and oxygen atoms in total. The van der Waals surface area contributed by atoms with Gasteiger partial charge in [0.1, 0.15) is 5.82 Å². The standard InChI is InChI=1S/C29H29FN2/c1-21-19-28(32(3)20-21)25-14-8-10-16-27(25)31-29(24-12-5-4-6-13-24)22(2)17-18-23-11-7-9-15-26(23)30/h4-7,9-13,15-17,19-20H,8,14,18H2,1-3H3/b22-17-,31-29?. The minimum absolute atomic E-state index is 0.172. The maximum Gasteiger partial charge on any atom is 0.126 e. The molecule has 1 heterocycles. The molecule has 0 unspecified atom stereocenters. The molecular formula is C29H29FN2. The van der Waals surface area contributed by atoms with Gasteiger partial charge >= 0.3 is 0 Å². The van der Waals surface area contributed by atoms with E-state index in [2.05, 4.69) is 68.1 Å². The first kappa shape index (κ1) is 21.8. The van der Waals surface area contributed by atoms with Gasteiger partial charge in [-0.1, -0.05) is 60.7 Å². The van der Waals surface area contributed by atoms with Gasteiger partial charge in [0, 0.05) is 30.1 Å². The van der Waals surface area contributed by atoms with Gasteiger partial charge in [-0.15, -0.1) is 0 Å². The largest absolute Gasteiger partial charge is 0.350 e. The lowest BCUT2D eigenvalue weighted by Gasteiger charge is -2.16. The Hall–Kier alpha value is -3.46. The number of aryl methyl sites for hydroxylation is 2. The lowest BCUT2D eigenvalue weighted by molar-refractivity contribution is 0.615. The summed E-state index contributed by atoms with van der Waals surface area (Å²) in [4.78, 5) is 5.18. The summed E-state index contributed by atoms with van der Waals surface area (Å²) in [6.45, 7) is 4.18. The van der Waals surface area contributed by atoms with E-state index < -0.39 is 0 Å². The summed E-state index contributed by atoms with van der Waals surface area (Å²) >= 11 is 0. The molecule has 0 fully saturated rings. The monoisotopic (exact) mass is 424 g/mol. The van der Waals surface area contributed by atoms with Crippen LogP contribution < -0.4 is 0 Å². The molecule has 4 rings (SSSR count). The predicted octanol–water partition coefficient (Wildman–Crippen LogP) is 7.21. The lowest BCUT2D eigenvalue weighted by Crippen LogP contribution is -2.06. The van der Waals surface area contributed by atoms with Crippen molar-refractivity contribution in [2.45, 2.75) is 33.1 Å². The Morgan fingerprint density at radius 3 is 2.56 bits per heavy atom. The molecule has 0 atom stereocenters. The second-order valence-corrected chi connectivity index (χ2v) is 8.33. The second kappa shape index (κ2) is 9.78. The first-order valence-electron chi connectivity index (χ1n) is 11.1. The molecule has 0 amide bonds. The molecule has 0 saturated carbocycles. The molecule has 0 radical (unpaired) electrons. The summed E-state index contributed by atoms with van der Waals surface area (Å²) in [5, 5.41) is 0. The third-order valence-corrected chi connectivity index (χ3v) is 5.84. The van der Waals surface area contributed by atoms with Crippen LogP contribution in [0.4, 0.5) is 4.39 Å². The van der Waals surface area contributed by atoms with E-state index in [4.69, 9.17) is 4.99 Å². The Labute approximate surface area is 190 Å². The number of allylic oxidation sites excluding steroid dienone is 5. The molecule has 32 heavy (non-hydrogen) atoms. The van der Waals surface area contributed by atoms with Crippen molar-refractivity contribution in [1.29, 1.82) is 0 Å². The van der Waals surface area contributed by atoms with Crippen LogP contribution in [0.15, 0.2) is 101 Å². The number of halogens is 1. The highest BCUT2D eigenvalue weighted by Gasteiger charge is 2.16. The van der Waals surface area contributed by atoms with E-state index in [9.17, 15) is 4.39 Å². The Morgan fingerprint density at radius 2 is 1.84 bits per heavy atom. The first-order valence-corrected chi connectivity index (χ1v) is 11.1. The minimum atomic E-state index is -0.172. The van der Waals surface area contributed by atoms with E-state index >= 15 is 0 Å². The number of benzene rings is 2. The van der Waals surface area contributed by atoms with Gasteiger partial charge in [-0.25, -0.2) is 9.38 Å². The van der Waals surface area contributed by atoms with Crippen LogP contribution in [0.1, 0.15) is 42.1 Å². The molecule has 0 saturated heterocycles. The van der Waals surface area contributed by atoms with E-state index in [1.165, 1.54) is 22.9 Å². The maximum absolute atomic E-state index is 14.1. The summed E-state index contributed by atoms with van der Waals surface area (Å²) in [5.41, 5.74) is 8.43. The SMILES string of the molecule is C/C(=C/Cc1ccccc1F)C(=NC1=C(c2cc(C)cn2C)CCC=C1)c1ccccc1. The van der Waals surface area contributed by atoms with Crippen LogP contribution in [0, 0.1) is 12.7 Å². The summed E-state index contributed by atoms with van der Waals surface area (Å²) in [7, 11) is 2.09. The van der Waals surface area contributed by atoms with Crippen LogP contribution in [0.3, 0.4) is 0 Å². The maximum atomic E-state index is 14.1. The summed E-state index contributed by atoms with van der Waals surface area (Å²) in [5.74, 6) is -0.172. The van der Waals surface area contributed by atoms with Gasteiger partial charge in [0.25, 0.3) is 0 Å². The van der Waals surface area contributed by atoms with Crippen molar-refractivity contribution in [3.63, 3.8) is 0 Å². The van der Waals surface area contributed by atoms with Crippen LogP contribution >= 0.6 is 0 Å². The molecule has 3 heteroatoms. The van der Waals surface area contributed by atoms with E-state index in [1.807, 2.05) is 30.3 Å². The van der Waals surface area contributed by atoms with E-state index in [1.54, 1.807) is 6.07 Å². The van der Waals surface area contributed by atoms with Gasteiger partial charge in [-0.05, 0) is 68.0 Å². The number of aliphatic imine (C=N–C) groups is 1. The topological polar surface area (TPSA) is 17.3 Å². The minimum Gasteiger partial charge on any atom is -0.350 e. The van der Waals surface area contributed by atoms with Gasteiger partial charge in [-0.3, -0.25) is 0 Å². The van der Waals surface area contributed by atoms with E-state index in [-0.39, 0.29) is 5.82 Å². The van der Waals surface area contributed by atoms with Crippen LogP contribution in [0.5, 0.6) is 0 Å². The van der Waals surface area contributed by atoms with Crippen molar-refractivity contribution in [3.05, 3.63) is 125 Å². The zero-order chi connectivity index (χ0) is 22.5. The van der Waals surface area contributed by atoms with Crippen molar-refractivity contribution in [2.24, 2.45) is 12.0 Å². The molecule has 3 aromatic rings. The molecule has 0 N–H and O–H groups in total. The second-order valence-electron chi connectivity index (χ2n) is 8.33. The van der Waals surface area contributed by atoms with E-state index in [0.29, 0.717) is 12.0 Å².